The van der Waals surface area contributed by atoms with Crippen molar-refractivity contribution < 1.29 is 9.18 Å². The standard InChI is InChI=1S/C23H25FN6O2/c1-3-13-8-17-21(28-22(13)31)20(24)14(10-26-17)12-29-6-7-30(19-9-18(19)29)15-4-5-16(27-11-15)23(32)25-2/h4-5,8,10-11,18-19H,3,6-7,9,12H2,1-2H3,(H,25,32)(H,28,31). The van der Waals surface area contributed by atoms with Crippen LogP contribution in [0.3, 0.4) is 0 Å². The Morgan fingerprint density at radius 1 is 1.22 bits per heavy atom. The molecular weight excluding hydrogens is 411 g/mol. The normalized spacial score (nSPS) is 20.3. The average Bonchev–Trinajstić information content (AvgIpc) is 3.62. The summed E-state index contributed by atoms with van der Waals surface area (Å²) in [6, 6.07) is 6.01. The van der Waals surface area contributed by atoms with E-state index < -0.39 is 5.82 Å². The fraction of sp³-hybridized carbons (Fsp3) is 0.391. The number of carbonyl (C=O) groups excluding carboxylic acids is 1. The van der Waals surface area contributed by atoms with Gasteiger partial charge >= 0.3 is 0 Å². The Morgan fingerprint density at radius 3 is 2.78 bits per heavy atom. The molecule has 0 bridgehead atoms. The third-order valence-corrected chi connectivity index (χ3v) is 6.47. The van der Waals surface area contributed by atoms with Crippen molar-refractivity contribution in [2.45, 2.75) is 38.4 Å². The molecule has 2 fully saturated rings. The van der Waals surface area contributed by atoms with Crippen LogP contribution in [0.25, 0.3) is 11.0 Å². The summed E-state index contributed by atoms with van der Waals surface area (Å²) in [7, 11) is 1.58. The summed E-state index contributed by atoms with van der Waals surface area (Å²) in [5, 5.41) is 2.57. The van der Waals surface area contributed by atoms with Crippen molar-refractivity contribution in [2.24, 2.45) is 0 Å². The van der Waals surface area contributed by atoms with Gasteiger partial charge in [0.15, 0.2) is 5.82 Å². The SMILES string of the molecule is CCc1cc2ncc(CN3CCN(c4ccc(C(=O)NC)nc4)C4CC43)c(F)c2[nH]c1=O. The van der Waals surface area contributed by atoms with E-state index in [4.69, 9.17) is 0 Å². The van der Waals surface area contributed by atoms with Gasteiger partial charge in [-0.15, -0.1) is 0 Å². The van der Waals surface area contributed by atoms with Crippen LogP contribution in [0.1, 0.15) is 35.0 Å². The van der Waals surface area contributed by atoms with Gasteiger partial charge in [0, 0.05) is 56.1 Å². The molecule has 166 valence electrons. The summed E-state index contributed by atoms with van der Waals surface area (Å²) < 4.78 is 15.2. The van der Waals surface area contributed by atoms with Gasteiger partial charge in [-0.3, -0.25) is 19.5 Å². The molecule has 0 aromatic carbocycles. The number of H-pyrrole nitrogens is 1. The summed E-state index contributed by atoms with van der Waals surface area (Å²) in [6.07, 6.45) is 4.90. The second kappa shape index (κ2) is 7.98. The number of amides is 1. The first-order chi connectivity index (χ1) is 15.5. The number of aryl methyl sites for hydroxylation is 1. The van der Waals surface area contributed by atoms with E-state index in [1.165, 1.54) is 0 Å². The Morgan fingerprint density at radius 2 is 2.06 bits per heavy atom. The highest BCUT2D eigenvalue weighted by Gasteiger charge is 2.49. The van der Waals surface area contributed by atoms with E-state index in [1.54, 1.807) is 31.6 Å². The smallest absolute Gasteiger partial charge is 0.269 e. The summed E-state index contributed by atoms with van der Waals surface area (Å²) in [5.74, 6) is -0.604. The lowest BCUT2D eigenvalue weighted by Gasteiger charge is -2.35. The number of rotatable bonds is 5. The van der Waals surface area contributed by atoms with Crippen molar-refractivity contribution >= 4 is 22.6 Å². The lowest BCUT2D eigenvalue weighted by molar-refractivity contribution is 0.0958. The zero-order valence-corrected chi connectivity index (χ0v) is 18.1. The van der Waals surface area contributed by atoms with Gasteiger partial charge in [-0.2, -0.15) is 0 Å². The monoisotopic (exact) mass is 436 g/mol. The van der Waals surface area contributed by atoms with Gasteiger partial charge in [-0.25, -0.2) is 9.37 Å². The number of hydrogen-bond acceptors (Lipinski definition) is 6. The van der Waals surface area contributed by atoms with Crippen LogP contribution in [0.5, 0.6) is 0 Å². The van der Waals surface area contributed by atoms with Gasteiger partial charge in [0.1, 0.15) is 11.2 Å². The number of nitrogens with one attached hydrogen (secondary N) is 2. The van der Waals surface area contributed by atoms with Gasteiger partial charge in [0.05, 0.1) is 17.4 Å². The van der Waals surface area contributed by atoms with Gasteiger partial charge in [0.2, 0.25) is 0 Å². The molecule has 9 heteroatoms. The number of anilines is 1. The molecule has 0 radical (unpaired) electrons. The Bertz CT molecular complexity index is 1240. The van der Waals surface area contributed by atoms with Gasteiger partial charge in [0.25, 0.3) is 11.5 Å². The van der Waals surface area contributed by atoms with Crippen molar-refractivity contribution in [1.82, 2.24) is 25.2 Å². The van der Waals surface area contributed by atoms with E-state index in [9.17, 15) is 9.59 Å². The van der Waals surface area contributed by atoms with E-state index in [2.05, 4.69) is 30.1 Å². The summed E-state index contributed by atoms with van der Waals surface area (Å²) in [4.78, 5) is 39.7. The molecule has 4 heterocycles. The zero-order chi connectivity index (χ0) is 22.4. The van der Waals surface area contributed by atoms with Crippen LogP contribution in [0.4, 0.5) is 10.1 Å². The summed E-state index contributed by atoms with van der Waals surface area (Å²) in [5.41, 5.74) is 2.88. The van der Waals surface area contributed by atoms with Crippen molar-refractivity contribution in [2.75, 3.05) is 25.0 Å². The highest BCUT2D eigenvalue weighted by atomic mass is 19.1. The van der Waals surface area contributed by atoms with Crippen LogP contribution >= 0.6 is 0 Å². The largest absolute Gasteiger partial charge is 0.364 e. The fourth-order valence-electron chi connectivity index (χ4n) is 4.59. The number of pyridine rings is 3. The number of aromatic nitrogens is 3. The van der Waals surface area contributed by atoms with Crippen molar-refractivity contribution in [1.29, 1.82) is 0 Å². The van der Waals surface area contributed by atoms with Crippen LogP contribution in [-0.4, -0.2) is 58.0 Å². The second-order valence-corrected chi connectivity index (χ2v) is 8.35. The van der Waals surface area contributed by atoms with Crippen molar-refractivity contribution in [3.63, 3.8) is 0 Å². The molecule has 1 aliphatic heterocycles. The molecule has 1 amide bonds. The third-order valence-electron chi connectivity index (χ3n) is 6.47. The highest BCUT2D eigenvalue weighted by Crippen LogP contribution is 2.40. The molecule has 5 rings (SSSR count). The molecule has 2 atom stereocenters. The molecule has 0 spiro atoms. The highest BCUT2D eigenvalue weighted by molar-refractivity contribution is 5.92. The van der Waals surface area contributed by atoms with Gasteiger partial charge in [-0.05, 0) is 31.0 Å². The maximum Gasteiger partial charge on any atom is 0.269 e. The second-order valence-electron chi connectivity index (χ2n) is 8.35. The third kappa shape index (κ3) is 3.52. The Hall–Kier alpha value is -3.33. The molecule has 1 saturated heterocycles. The number of piperazine rings is 1. The number of aromatic amines is 1. The van der Waals surface area contributed by atoms with E-state index in [0.29, 0.717) is 47.4 Å². The van der Waals surface area contributed by atoms with Crippen LogP contribution in [0.2, 0.25) is 0 Å². The molecule has 2 aliphatic rings. The molecule has 2 unspecified atom stereocenters. The molecule has 1 aliphatic carbocycles. The Kier molecular flexibility index (Phi) is 5.13. The van der Waals surface area contributed by atoms with Crippen LogP contribution in [0, 0.1) is 5.82 Å². The molecule has 2 N–H and O–H groups in total. The number of nitrogens with zero attached hydrogens (tertiary/aromatic N) is 4. The molecular formula is C23H25FN6O2. The lowest BCUT2D eigenvalue weighted by Crippen LogP contribution is -2.46. The summed E-state index contributed by atoms with van der Waals surface area (Å²) in [6.45, 7) is 3.91. The van der Waals surface area contributed by atoms with E-state index >= 15 is 4.39 Å². The van der Waals surface area contributed by atoms with E-state index in [0.717, 1.165) is 25.2 Å². The first-order valence-electron chi connectivity index (χ1n) is 10.9. The zero-order valence-electron chi connectivity index (χ0n) is 18.1. The summed E-state index contributed by atoms with van der Waals surface area (Å²) >= 11 is 0. The first kappa shape index (κ1) is 20.6. The quantitative estimate of drug-likeness (QED) is 0.634. The maximum absolute atomic E-state index is 15.2. The average molecular weight is 436 g/mol. The lowest BCUT2D eigenvalue weighted by atomic mass is 10.1. The number of halogens is 1. The molecule has 3 aromatic heterocycles. The van der Waals surface area contributed by atoms with E-state index in [1.807, 2.05) is 13.0 Å². The molecule has 1 saturated carbocycles. The molecule has 32 heavy (non-hydrogen) atoms. The Balaban J connectivity index is 1.31. The number of carbonyl (C=O) groups is 1. The van der Waals surface area contributed by atoms with Crippen LogP contribution < -0.4 is 15.8 Å². The van der Waals surface area contributed by atoms with Crippen LogP contribution in [-0.2, 0) is 13.0 Å². The van der Waals surface area contributed by atoms with Gasteiger partial charge in [-0.1, -0.05) is 6.92 Å². The van der Waals surface area contributed by atoms with Gasteiger partial charge < -0.3 is 15.2 Å². The minimum atomic E-state index is -0.400. The number of fused-ring (bicyclic) bond motifs is 2. The predicted octanol–water partition coefficient (Wildman–Crippen LogP) is 1.84. The van der Waals surface area contributed by atoms with Crippen molar-refractivity contribution in [3.8, 4) is 0 Å². The van der Waals surface area contributed by atoms with Crippen molar-refractivity contribution in [3.05, 3.63) is 63.6 Å². The topological polar surface area (TPSA) is 94.2 Å². The van der Waals surface area contributed by atoms with E-state index in [-0.39, 0.29) is 17.0 Å². The minimum absolute atomic E-state index is 0.179. The predicted molar refractivity (Wildman–Crippen MR) is 119 cm³/mol. The first-order valence-corrected chi connectivity index (χ1v) is 10.9. The molecule has 8 nitrogen and oxygen atoms in total. The Labute approximate surface area is 184 Å². The maximum atomic E-state index is 15.2. The fourth-order valence-corrected chi connectivity index (χ4v) is 4.59. The molecule has 3 aromatic rings. The van der Waals surface area contributed by atoms with Crippen LogP contribution in [0.15, 0.2) is 35.4 Å². The minimum Gasteiger partial charge on any atom is -0.364 e. The number of hydrogen-bond donors (Lipinski definition) is 2.